The summed E-state index contributed by atoms with van der Waals surface area (Å²) in [5.74, 6) is 2.17. The van der Waals surface area contributed by atoms with Crippen molar-refractivity contribution in [2.45, 2.75) is 26.1 Å². The second-order valence-corrected chi connectivity index (χ2v) is 6.71. The van der Waals surface area contributed by atoms with E-state index in [-0.39, 0.29) is 6.29 Å². The van der Waals surface area contributed by atoms with E-state index >= 15 is 0 Å². The van der Waals surface area contributed by atoms with Crippen LogP contribution in [-0.2, 0) is 4.74 Å². The molecule has 6 nitrogen and oxygen atoms in total. The van der Waals surface area contributed by atoms with E-state index in [0.717, 1.165) is 47.8 Å². The Labute approximate surface area is 164 Å². The summed E-state index contributed by atoms with van der Waals surface area (Å²) in [6.45, 7) is 2.72. The summed E-state index contributed by atoms with van der Waals surface area (Å²) >= 11 is 0. The van der Waals surface area contributed by atoms with Gasteiger partial charge in [-0.15, -0.1) is 0 Å². The molecule has 2 heterocycles. The van der Waals surface area contributed by atoms with Crippen LogP contribution in [0.3, 0.4) is 0 Å². The smallest absolute Gasteiger partial charge is 0.200 e. The van der Waals surface area contributed by atoms with Gasteiger partial charge in [-0.25, -0.2) is 4.68 Å². The zero-order valence-corrected chi connectivity index (χ0v) is 16.3. The second-order valence-electron chi connectivity index (χ2n) is 6.71. The maximum atomic E-state index is 6.05. The van der Waals surface area contributed by atoms with Gasteiger partial charge >= 0.3 is 0 Å². The Morgan fingerprint density at radius 2 is 1.82 bits per heavy atom. The molecule has 1 fully saturated rings. The number of methoxy groups -OCH3 is 2. The highest BCUT2D eigenvalue weighted by molar-refractivity contribution is 5.66. The normalized spacial score (nSPS) is 16.2. The monoisotopic (exact) mass is 380 g/mol. The maximum absolute atomic E-state index is 6.05. The summed E-state index contributed by atoms with van der Waals surface area (Å²) in [6.07, 6.45) is 1.67. The predicted molar refractivity (Wildman–Crippen MR) is 106 cm³/mol. The number of aryl methyl sites for hydroxylation is 1. The number of benzene rings is 2. The molecule has 1 unspecified atom stereocenters. The summed E-state index contributed by atoms with van der Waals surface area (Å²) < 4.78 is 24.3. The highest BCUT2D eigenvalue weighted by Gasteiger charge is 2.20. The van der Waals surface area contributed by atoms with Gasteiger partial charge in [-0.05, 0) is 61.9 Å². The number of aromatic nitrogens is 2. The second kappa shape index (κ2) is 7.94. The van der Waals surface area contributed by atoms with Crippen LogP contribution < -0.4 is 14.2 Å². The van der Waals surface area contributed by atoms with E-state index in [4.69, 9.17) is 18.9 Å². The fourth-order valence-electron chi connectivity index (χ4n) is 3.34. The van der Waals surface area contributed by atoms with Crippen molar-refractivity contribution < 1.29 is 18.9 Å². The van der Waals surface area contributed by atoms with Crippen LogP contribution >= 0.6 is 0 Å². The Balaban J connectivity index is 1.72. The van der Waals surface area contributed by atoms with E-state index < -0.39 is 0 Å². The van der Waals surface area contributed by atoms with Gasteiger partial charge in [-0.2, -0.15) is 5.10 Å². The summed E-state index contributed by atoms with van der Waals surface area (Å²) in [5, 5.41) is 4.67. The predicted octanol–water partition coefficient (Wildman–Crippen LogP) is 4.38. The molecule has 0 aliphatic carbocycles. The molecule has 0 N–H and O–H groups in total. The molecule has 1 aromatic heterocycles. The van der Waals surface area contributed by atoms with Crippen molar-refractivity contribution in [2.24, 2.45) is 0 Å². The Bertz CT molecular complexity index is 944. The first-order valence-electron chi connectivity index (χ1n) is 9.35. The lowest BCUT2D eigenvalue weighted by atomic mass is 10.1. The van der Waals surface area contributed by atoms with Crippen molar-refractivity contribution >= 4 is 0 Å². The molecule has 0 saturated carbocycles. The molecule has 3 aromatic rings. The standard InChI is InChI=1S/C22H24N2O4/c1-15-13-19(24(23-15)17-7-9-18(25-2)10-8-17)16-6-11-20(26-3)21(14-16)28-22-5-4-12-27-22/h6-11,13-14,22H,4-5,12H2,1-3H3. The van der Waals surface area contributed by atoms with Gasteiger partial charge < -0.3 is 18.9 Å². The highest BCUT2D eigenvalue weighted by atomic mass is 16.7. The van der Waals surface area contributed by atoms with E-state index in [9.17, 15) is 0 Å². The molecule has 4 rings (SSSR count). The molecule has 1 aliphatic rings. The van der Waals surface area contributed by atoms with Crippen LogP contribution in [0.15, 0.2) is 48.5 Å². The van der Waals surface area contributed by atoms with Gasteiger partial charge in [0, 0.05) is 12.0 Å². The Kier molecular flexibility index (Phi) is 5.21. The van der Waals surface area contributed by atoms with Crippen LogP contribution in [0, 0.1) is 6.92 Å². The van der Waals surface area contributed by atoms with Gasteiger partial charge in [0.1, 0.15) is 5.75 Å². The fourth-order valence-corrected chi connectivity index (χ4v) is 3.34. The van der Waals surface area contributed by atoms with Gasteiger partial charge in [0.15, 0.2) is 17.8 Å². The number of rotatable bonds is 6. The minimum atomic E-state index is -0.225. The topological polar surface area (TPSA) is 54.7 Å². The van der Waals surface area contributed by atoms with E-state index in [0.29, 0.717) is 11.5 Å². The molecule has 6 heteroatoms. The Morgan fingerprint density at radius 1 is 1.00 bits per heavy atom. The molecule has 1 atom stereocenters. The largest absolute Gasteiger partial charge is 0.497 e. The van der Waals surface area contributed by atoms with Crippen LogP contribution in [0.5, 0.6) is 17.2 Å². The van der Waals surface area contributed by atoms with E-state index in [1.54, 1.807) is 14.2 Å². The van der Waals surface area contributed by atoms with Crippen LogP contribution in [0.4, 0.5) is 0 Å². The van der Waals surface area contributed by atoms with E-state index in [1.165, 1.54) is 0 Å². The molecule has 146 valence electrons. The molecule has 0 radical (unpaired) electrons. The zero-order valence-electron chi connectivity index (χ0n) is 16.3. The maximum Gasteiger partial charge on any atom is 0.200 e. The first-order valence-corrected chi connectivity index (χ1v) is 9.35. The molecule has 1 aliphatic heterocycles. The van der Waals surface area contributed by atoms with Crippen molar-refractivity contribution in [3.63, 3.8) is 0 Å². The summed E-state index contributed by atoms with van der Waals surface area (Å²) in [4.78, 5) is 0. The molecule has 0 amide bonds. The van der Waals surface area contributed by atoms with Crippen molar-refractivity contribution in [1.82, 2.24) is 9.78 Å². The minimum Gasteiger partial charge on any atom is -0.497 e. The fraction of sp³-hybridized carbons (Fsp3) is 0.318. The SMILES string of the molecule is COc1ccc(-n2nc(C)cc2-c2ccc(OC)c(OC3CCCO3)c2)cc1. The Hall–Kier alpha value is -2.99. The summed E-state index contributed by atoms with van der Waals surface area (Å²) in [5.41, 5.74) is 3.86. The number of hydrogen-bond acceptors (Lipinski definition) is 5. The average molecular weight is 380 g/mol. The van der Waals surface area contributed by atoms with Crippen LogP contribution in [0.25, 0.3) is 16.9 Å². The van der Waals surface area contributed by atoms with Crippen LogP contribution in [-0.4, -0.2) is 36.9 Å². The van der Waals surface area contributed by atoms with Gasteiger partial charge in [-0.1, -0.05) is 0 Å². The quantitative estimate of drug-likeness (QED) is 0.635. The van der Waals surface area contributed by atoms with Crippen molar-refractivity contribution in [1.29, 1.82) is 0 Å². The van der Waals surface area contributed by atoms with Gasteiger partial charge in [-0.3, -0.25) is 0 Å². The summed E-state index contributed by atoms with van der Waals surface area (Å²) in [6, 6.07) is 15.8. The minimum absolute atomic E-state index is 0.225. The van der Waals surface area contributed by atoms with E-state index in [1.807, 2.05) is 54.1 Å². The number of hydrogen-bond donors (Lipinski definition) is 0. The number of ether oxygens (including phenoxy) is 4. The lowest BCUT2D eigenvalue weighted by Gasteiger charge is -2.17. The first kappa shape index (κ1) is 18.4. The Morgan fingerprint density at radius 3 is 2.50 bits per heavy atom. The van der Waals surface area contributed by atoms with Crippen LogP contribution in [0.2, 0.25) is 0 Å². The molecular formula is C22H24N2O4. The molecule has 28 heavy (non-hydrogen) atoms. The molecule has 0 spiro atoms. The first-order chi connectivity index (χ1) is 13.7. The molecule has 0 bridgehead atoms. The zero-order chi connectivity index (χ0) is 19.5. The average Bonchev–Trinajstić information content (AvgIpc) is 3.37. The van der Waals surface area contributed by atoms with Gasteiger partial charge in [0.05, 0.1) is 37.9 Å². The highest BCUT2D eigenvalue weighted by Crippen LogP contribution is 2.35. The van der Waals surface area contributed by atoms with Crippen molar-refractivity contribution in [2.75, 3.05) is 20.8 Å². The van der Waals surface area contributed by atoms with E-state index in [2.05, 4.69) is 11.2 Å². The molecule has 1 saturated heterocycles. The van der Waals surface area contributed by atoms with Gasteiger partial charge in [0.25, 0.3) is 0 Å². The molecule has 2 aromatic carbocycles. The van der Waals surface area contributed by atoms with Crippen molar-refractivity contribution in [3.8, 4) is 34.2 Å². The molecular weight excluding hydrogens is 356 g/mol. The van der Waals surface area contributed by atoms with Crippen LogP contribution in [0.1, 0.15) is 18.5 Å². The third-order valence-corrected chi connectivity index (χ3v) is 4.75. The van der Waals surface area contributed by atoms with Gasteiger partial charge in [0.2, 0.25) is 0 Å². The lowest BCUT2D eigenvalue weighted by Crippen LogP contribution is -2.14. The third kappa shape index (κ3) is 3.68. The lowest BCUT2D eigenvalue weighted by molar-refractivity contribution is -0.0402. The third-order valence-electron chi connectivity index (χ3n) is 4.75. The summed E-state index contributed by atoms with van der Waals surface area (Å²) in [7, 11) is 3.30. The van der Waals surface area contributed by atoms with Crippen molar-refractivity contribution in [3.05, 3.63) is 54.2 Å². The number of nitrogens with zero attached hydrogens (tertiary/aromatic N) is 2.